The molecule has 2 amide bonds. The van der Waals surface area contributed by atoms with Crippen molar-refractivity contribution >= 4 is 45.8 Å². The normalized spacial score (nSPS) is 17.9. The first kappa shape index (κ1) is 33.0. The molecule has 2 N–H and O–H groups in total. The van der Waals surface area contributed by atoms with Gasteiger partial charge in [-0.25, -0.2) is 14.2 Å². The molecule has 5 aromatic rings. The van der Waals surface area contributed by atoms with Gasteiger partial charge in [0, 0.05) is 22.5 Å². The molecule has 0 radical (unpaired) electrons. The molecule has 2 aliphatic heterocycles. The number of methoxy groups -OCH3 is 1. The molecule has 3 atom stereocenters. The summed E-state index contributed by atoms with van der Waals surface area (Å²) in [5.74, 6) is -0.434. The van der Waals surface area contributed by atoms with Crippen LogP contribution in [0.4, 0.5) is 22.4 Å². The molecular formula is C34H30ClF4N5O4S. The quantitative estimate of drug-likeness (QED) is 0.172. The second kappa shape index (κ2) is 12.4. The van der Waals surface area contributed by atoms with E-state index in [1.165, 1.54) is 25.4 Å². The molecule has 256 valence electrons. The van der Waals surface area contributed by atoms with Crippen molar-refractivity contribution in [2.75, 3.05) is 13.7 Å². The van der Waals surface area contributed by atoms with Gasteiger partial charge < -0.3 is 24.7 Å². The van der Waals surface area contributed by atoms with Crippen LogP contribution < -0.4 is 10.1 Å². The Kier molecular flexibility index (Phi) is 8.34. The zero-order valence-electron chi connectivity index (χ0n) is 26.4. The Bertz CT molecular complexity index is 2090. The van der Waals surface area contributed by atoms with Crippen molar-refractivity contribution in [3.05, 3.63) is 81.1 Å². The number of benzene rings is 2. The topological polar surface area (TPSA) is 101 Å². The molecule has 2 aliphatic rings. The fourth-order valence-corrected chi connectivity index (χ4v) is 7.65. The number of nitrogens with zero attached hydrogens (tertiary/aromatic N) is 3. The number of halogens is 5. The molecule has 0 saturated carbocycles. The Hall–Kier alpha value is -4.56. The van der Waals surface area contributed by atoms with Crippen molar-refractivity contribution in [2.45, 2.75) is 51.2 Å². The molecule has 5 heterocycles. The van der Waals surface area contributed by atoms with Gasteiger partial charge in [-0.3, -0.25) is 9.36 Å². The van der Waals surface area contributed by atoms with Gasteiger partial charge in [-0.2, -0.15) is 13.2 Å². The Balaban J connectivity index is 1.25. The van der Waals surface area contributed by atoms with Crippen molar-refractivity contribution in [1.82, 2.24) is 24.8 Å². The maximum atomic E-state index is 16.2. The number of carbonyl (C=O) groups excluding carboxylic acids is 2. The van der Waals surface area contributed by atoms with Crippen LogP contribution in [0.3, 0.4) is 0 Å². The number of nitrogens with one attached hydrogen (secondary N) is 2. The van der Waals surface area contributed by atoms with Gasteiger partial charge in [0.05, 0.1) is 46.7 Å². The number of aromatic nitrogens is 3. The number of carbonyl (C=O) groups is 2. The monoisotopic (exact) mass is 715 g/mol. The SMILES string of the molecule is COC(=O)N[C@H](C(=O)N1CCC[C@H]1c1ncc(-c2cc(F)c3c(c2)OC(c2ccc(C(F)(F)F)s2)n2c-3cc3cc(Cl)ccc32)[nH]1)C(C)C. The van der Waals surface area contributed by atoms with Crippen molar-refractivity contribution in [3.63, 3.8) is 0 Å². The molecule has 1 saturated heterocycles. The van der Waals surface area contributed by atoms with Gasteiger partial charge in [0.1, 0.15) is 28.3 Å². The Labute approximate surface area is 286 Å². The average Bonchev–Trinajstić information content (AvgIpc) is 3.87. The summed E-state index contributed by atoms with van der Waals surface area (Å²) in [5.41, 5.74) is 2.06. The number of likely N-dealkylation sites (tertiary alicyclic amines) is 1. The van der Waals surface area contributed by atoms with Gasteiger partial charge >= 0.3 is 12.3 Å². The van der Waals surface area contributed by atoms with Crippen LogP contribution in [0.5, 0.6) is 5.75 Å². The van der Waals surface area contributed by atoms with Gasteiger partial charge in [0.15, 0.2) is 0 Å². The van der Waals surface area contributed by atoms with Gasteiger partial charge in [-0.1, -0.05) is 25.4 Å². The summed E-state index contributed by atoms with van der Waals surface area (Å²) < 4.78 is 69.7. The average molecular weight is 716 g/mol. The number of hydrogen-bond acceptors (Lipinski definition) is 6. The molecule has 15 heteroatoms. The van der Waals surface area contributed by atoms with Crippen LogP contribution in [0, 0.1) is 11.7 Å². The minimum atomic E-state index is -4.53. The summed E-state index contributed by atoms with van der Waals surface area (Å²) in [6, 6.07) is 11.0. The maximum absolute atomic E-state index is 16.2. The fraction of sp³-hybridized carbons (Fsp3) is 0.324. The molecule has 1 unspecified atom stereocenters. The van der Waals surface area contributed by atoms with E-state index >= 15 is 4.39 Å². The van der Waals surface area contributed by atoms with E-state index in [0.717, 1.165) is 12.5 Å². The number of ether oxygens (including phenoxy) is 2. The van der Waals surface area contributed by atoms with Crippen molar-refractivity contribution in [2.24, 2.45) is 5.92 Å². The summed E-state index contributed by atoms with van der Waals surface area (Å²) >= 11 is 6.81. The third-order valence-electron chi connectivity index (χ3n) is 8.88. The highest BCUT2D eigenvalue weighted by atomic mass is 35.5. The third kappa shape index (κ3) is 5.90. The third-order valence-corrected chi connectivity index (χ3v) is 10.3. The highest BCUT2D eigenvalue weighted by Gasteiger charge is 2.39. The molecule has 0 aliphatic carbocycles. The summed E-state index contributed by atoms with van der Waals surface area (Å²) in [4.78, 5) is 34.5. The number of fused-ring (bicyclic) bond motifs is 5. The second-order valence-corrected chi connectivity index (χ2v) is 13.9. The van der Waals surface area contributed by atoms with E-state index in [9.17, 15) is 22.8 Å². The predicted octanol–water partition coefficient (Wildman–Crippen LogP) is 8.55. The minimum absolute atomic E-state index is 0.144. The van der Waals surface area contributed by atoms with E-state index < -0.39 is 41.3 Å². The summed E-state index contributed by atoms with van der Waals surface area (Å²) in [6.07, 6.45) is -3.37. The summed E-state index contributed by atoms with van der Waals surface area (Å²) in [5, 5.41) is 3.75. The van der Waals surface area contributed by atoms with Crippen LogP contribution in [0.25, 0.3) is 33.4 Å². The van der Waals surface area contributed by atoms with Gasteiger partial charge in [-0.05, 0) is 67.3 Å². The van der Waals surface area contributed by atoms with Gasteiger partial charge in [0.2, 0.25) is 12.1 Å². The van der Waals surface area contributed by atoms with E-state index in [-0.39, 0.29) is 28.0 Å². The predicted molar refractivity (Wildman–Crippen MR) is 176 cm³/mol. The molecule has 9 nitrogen and oxygen atoms in total. The molecular weight excluding hydrogens is 686 g/mol. The number of H-pyrrole nitrogens is 1. The highest BCUT2D eigenvalue weighted by Crippen LogP contribution is 2.49. The Morgan fingerprint density at radius 1 is 1.16 bits per heavy atom. The lowest BCUT2D eigenvalue weighted by atomic mass is 10.0. The second-order valence-electron chi connectivity index (χ2n) is 12.3. The molecule has 0 bridgehead atoms. The van der Waals surface area contributed by atoms with E-state index in [1.54, 1.807) is 39.8 Å². The van der Waals surface area contributed by atoms with E-state index in [4.69, 9.17) is 21.1 Å². The van der Waals surface area contributed by atoms with Crippen LogP contribution in [0.15, 0.2) is 54.7 Å². The number of imidazole rings is 1. The Morgan fingerprint density at radius 3 is 2.67 bits per heavy atom. The number of amides is 2. The van der Waals surface area contributed by atoms with Crippen LogP contribution in [0.1, 0.15) is 54.5 Å². The molecule has 2 aromatic carbocycles. The van der Waals surface area contributed by atoms with E-state index in [2.05, 4.69) is 15.3 Å². The van der Waals surface area contributed by atoms with E-state index in [1.807, 2.05) is 13.8 Å². The molecule has 7 rings (SSSR count). The van der Waals surface area contributed by atoms with E-state index in [0.29, 0.717) is 63.0 Å². The van der Waals surface area contributed by atoms with Crippen LogP contribution in [0.2, 0.25) is 5.02 Å². The molecule has 0 spiro atoms. The number of thiophene rings is 1. The highest BCUT2D eigenvalue weighted by molar-refractivity contribution is 7.12. The number of alkyl halides is 3. The lowest BCUT2D eigenvalue weighted by Crippen LogP contribution is -2.51. The smallest absolute Gasteiger partial charge is 0.425 e. The molecule has 1 fully saturated rings. The summed E-state index contributed by atoms with van der Waals surface area (Å²) in [7, 11) is 1.23. The first-order valence-corrected chi connectivity index (χ1v) is 16.7. The van der Waals surface area contributed by atoms with Crippen molar-refractivity contribution in [1.29, 1.82) is 0 Å². The first-order chi connectivity index (χ1) is 23.3. The first-order valence-electron chi connectivity index (χ1n) is 15.5. The fourth-order valence-electron chi connectivity index (χ4n) is 6.57. The van der Waals surface area contributed by atoms with Crippen LogP contribution >= 0.6 is 22.9 Å². The lowest BCUT2D eigenvalue weighted by Gasteiger charge is -2.30. The number of hydrogen-bond donors (Lipinski definition) is 2. The van der Waals surface area contributed by atoms with Crippen LogP contribution in [-0.4, -0.2) is 51.1 Å². The zero-order valence-corrected chi connectivity index (χ0v) is 28.0. The number of aromatic amines is 1. The van der Waals surface area contributed by atoms with Crippen LogP contribution in [-0.2, 0) is 15.7 Å². The lowest BCUT2D eigenvalue weighted by molar-refractivity contribution is -0.135. The zero-order chi connectivity index (χ0) is 34.8. The van der Waals surface area contributed by atoms with Gasteiger partial charge in [-0.15, -0.1) is 11.3 Å². The maximum Gasteiger partial charge on any atom is 0.425 e. The number of rotatable bonds is 6. The Morgan fingerprint density at radius 2 is 1.96 bits per heavy atom. The number of alkyl carbamates (subject to hydrolysis) is 1. The molecule has 49 heavy (non-hydrogen) atoms. The molecule has 3 aromatic heterocycles. The minimum Gasteiger partial charge on any atom is -0.464 e. The van der Waals surface area contributed by atoms with Crippen molar-refractivity contribution in [3.8, 4) is 28.3 Å². The standard InChI is InChI=1S/C34H30ClF4N5O4S/c1-16(2)29(42-33(46)47-3)31(45)43-10-4-5-23(43)30-40-15-21(41-30)17-12-20(36)28-24-13-18-11-19(35)6-7-22(18)44(24)32(48-25(28)14-17)26-8-9-27(49-26)34(37,38)39/h6-9,11-16,23,29,32H,4-5,10H2,1-3H3,(H,40,41)(H,42,46)/t23-,29-,32?/m0/s1. The summed E-state index contributed by atoms with van der Waals surface area (Å²) in [6.45, 7) is 4.12. The largest absolute Gasteiger partial charge is 0.464 e. The van der Waals surface area contributed by atoms with Gasteiger partial charge in [0.25, 0.3) is 0 Å². The van der Waals surface area contributed by atoms with Crippen molar-refractivity contribution < 1.29 is 36.6 Å².